The van der Waals surface area contributed by atoms with Crippen LogP contribution in [0.1, 0.15) is 35.9 Å². The summed E-state index contributed by atoms with van der Waals surface area (Å²) in [6.07, 6.45) is 3.76. The summed E-state index contributed by atoms with van der Waals surface area (Å²) < 4.78 is 2.34. The van der Waals surface area contributed by atoms with Crippen molar-refractivity contribution in [2.45, 2.75) is 31.0 Å². The summed E-state index contributed by atoms with van der Waals surface area (Å²) in [5.41, 5.74) is 0. The molecule has 0 aromatic carbocycles. The Morgan fingerprint density at radius 3 is 2.62 bits per heavy atom. The quantitative estimate of drug-likeness (QED) is 0.561. The van der Waals surface area contributed by atoms with Gasteiger partial charge in [0.25, 0.3) is 0 Å². The number of hydrogen-bond acceptors (Lipinski definition) is 1. The van der Waals surface area contributed by atoms with Crippen LogP contribution in [0, 0.1) is 0 Å². The highest BCUT2D eigenvalue weighted by atomic mass is 79.9. The van der Waals surface area contributed by atoms with E-state index in [4.69, 9.17) is 0 Å². The lowest BCUT2D eigenvalue weighted by atomic mass is 10.2. The first-order chi connectivity index (χ1) is 6.15. The molecule has 1 heterocycles. The van der Waals surface area contributed by atoms with Crippen LogP contribution in [-0.2, 0) is 0 Å². The summed E-state index contributed by atoms with van der Waals surface area (Å²) in [5, 5.41) is 0. The summed E-state index contributed by atoms with van der Waals surface area (Å²) in [5.74, 6) is 0. The first-order valence-electron chi connectivity index (χ1n) is 4.24. The highest BCUT2D eigenvalue weighted by Crippen LogP contribution is 2.40. The number of unbranched alkanes of at least 4 members (excludes halogenated alkanes) is 1. The summed E-state index contributed by atoms with van der Waals surface area (Å²) in [6, 6.07) is 2.18. The molecule has 0 spiro atoms. The molecule has 0 radical (unpaired) electrons. The van der Waals surface area contributed by atoms with Crippen molar-refractivity contribution >= 4 is 59.1 Å². The highest BCUT2D eigenvalue weighted by Gasteiger charge is 2.11. The maximum atomic E-state index is 3.70. The fourth-order valence-corrected chi connectivity index (χ4v) is 3.88. The van der Waals surface area contributed by atoms with E-state index in [0.717, 1.165) is 4.47 Å². The molecule has 0 N–H and O–H groups in total. The zero-order valence-corrected chi connectivity index (χ0v) is 12.9. The van der Waals surface area contributed by atoms with Gasteiger partial charge in [0.05, 0.1) is 3.79 Å². The maximum Gasteiger partial charge on any atom is 0.0843 e. The minimum atomic E-state index is 0.514. The van der Waals surface area contributed by atoms with Crippen LogP contribution in [-0.4, -0.2) is 0 Å². The molecule has 74 valence electrons. The number of halogens is 3. The van der Waals surface area contributed by atoms with Gasteiger partial charge in [-0.15, -0.1) is 11.3 Å². The number of hydrogen-bond donors (Lipinski definition) is 0. The van der Waals surface area contributed by atoms with E-state index in [2.05, 4.69) is 60.8 Å². The van der Waals surface area contributed by atoms with Gasteiger partial charge >= 0.3 is 0 Å². The number of alkyl halides is 1. The SMILES string of the molecule is CCCCC(Br)c1cc(Br)c(Br)s1. The van der Waals surface area contributed by atoms with Crippen molar-refractivity contribution in [3.8, 4) is 0 Å². The van der Waals surface area contributed by atoms with Crippen LogP contribution in [0.25, 0.3) is 0 Å². The third-order valence-electron chi connectivity index (χ3n) is 1.78. The van der Waals surface area contributed by atoms with E-state index in [-0.39, 0.29) is 0 Å². The van der Waals surface area contributed by atoms with Gasteiger partial charge in [0.15, 0.2) is 0 Å². The average Bonchev–Trinajstić information content (AvgIpc) is 2.43. The van der Waals surface area contributed by atoms with E-state index in [9.17, 15) is 0 Å². The van der Waals surface area contributed by atoms with Gasteiger partial charge in [0.2, 0.25) is 0 Å². The monoisotopic (exact) mass is 388 g/mol. The highest BCUT2D eigenvalue weighted by molar-refractivity contribution is 9.13. The lowest BCUT2D eigenvalue weighted by molar-refractivity contribution is 0.718. The van der Waals surface area contributed by atoms with Crippen LogP contribution < -0.4 is 0 Å². The number of rotatable bonds is 4. The Morgan fingerprint density at radius 1 is 1.46 bits per heavy atom. The minimum Gasteiger partial charge on any atom is -0.131 e. The molecular formula is C9H11Br3S. The molecule has 1 aromatic rings. The lowest BCUT2D eigenvalue weighted by Gasteiger charge is -2.04. The second kappa shape index (κ2) is 5.89. The third-order valence-corrected chi connectivity index (χ3v) is 6.41. The van der Waals surface area contributed by atoms with E-state index in [0.29, 0.717) is 4.83 Å². The van der Waals surface area contributed by atoms with Crippen molar-refractivity contribution in [2.75, 3.05) is 0 Å². The first-order valence-corrected chi connectivity index (χ1v) is 7.55. The Morgan fingerprint density at radius 2 is 2.15 bits per heavy atom. The Labute approximate surface area is 108 Å². The molecule has 4 heteroatoms. The van der Waals surface area contributed by atoms with Gasteiger partial charge in [-0.25, -0.2) is 0 Å². The zero-order valence-electron chi connectivity index (χ0n) is 7.32. The topological polar surface area (TPSA) is 0 Å². The largest absolute Gasteiger partial charge is 0.131 e. The predicted octanol–water partition coefficient (Wildman–Crippen LogP) is 5.90. The van der Waals surface area contributed by atoms with Crippen molar-refractivity contribution in [3.63, 3.8) is 0 Å². The summed E-state index contributed by atoms with van der Waals surface area (Å²) >= 11 is 12.5. The van der Waals surface area contributed by atoms with Crippen LogP contribution in [0.3, 0.4) is 0 Å². The van der Waals surface area contributed by atoms with E-state index >= 15 is 0 Å². The Kier molecular flexibility index (Phi) is 5.53. The van der Waals surface area contributed by atoms with Crippen molar-refractivity contribution in [1.29, 1.82) is 0 Å². The molecule has 1 unspecified atom stereocenters. The molecule has 1 atom stereocenters. The molecule has 0 aliphatic carbocycles. The Balaban J connectivity index is 2.60. The van der Waals surface area contributed by atoms with E-state index in [1.54, 1.807) is 11.3 Å². The van der Waals surface area contributed by atoms with E-state index < -0.39 is 0 Å². The van der Waals surface area contributed by atoms with Gasteiger partial charge < -0.3 is 0 Å². The standard InChI is InChI=1S/C9H11Br3S/c1-2-3-4-6(10)8-5-7(11)9(12)13-8/h5-6H,2-4H2,1H3. The molecule has 1 rings (SSSR count). The van der Waals surface area contributed by atoms with E-state index in [1.807, 2.05) is 0 Å². The van der Waals surface area contributed by atoms with Gasteiger partial charge in [-0.3, -0.25) is 0 Å². The van der Waals surface area contributed by atoms with Crippen molar-refractivity contribution in [1.82, 2.24) is 0 Å². The third kappa shape index (κ3) is 3.65. The van der Waals surface area contributed by atoms with Crippen molar-refractivity contribution in [2.24, 2.45) is 0 Å². The van der Waals surface area contributed by atoms with Crippen molar-refractivity contribution in [3.05, 3.63) is 19.2 Å². The molecule has 0 fully saturated rings. The second-order valence-corrected chi connectivity index (χ2v) is 7.24. The summed E-state index contributed by atoms with van der Waals surface area (Å²) in [4.78, 5) is 1.91. The van der Waals surface area contributed by atoms with Crippen molar-refractivity contribution < 1.29 is 0 Å². The van der Waals surface area contributed by atoms with Crippen LogP contribution in [0.4, 0.5) is 0 Å². The molecular weight excluding hydrogens is 380 g/mol. The van der Waals surface area contributed by atoms with Gasteiger partial charge in [0, 0.05) is 14.2 Å². The molecule has 0 aliphatic rings. The first kappa shape index (κ1) is 12.2. The molecule has 0 saturated carbocycles. The second-order valence-electron chi connectivity index (χ2n) is 2.88. The van der Waals surface area contributed by atoms with Gasteiger partial charge in [0.1, 0.15) is 0 Å². The van der Waals surface area contributed by atoms with Crippen LogP contribution >= 0.6 is 59.1 Å². The van der Waals surface area contributed by atoms with Crippen LogP contribution in [0.5, 0.6) is 0 Å². The summed E-state index contributed by atoms with van der Waals surface area (Å²) in [7, 11) is 0. The fraction of sp³-hybridized carbons (Fsp3) is 0.556. The fourth-order valence-electron chi connectivity index (χ4n) is 1.04. The van der Waals surface area contributed by atoms with Crippen LogP contribution in [0.2, 0.25) is 0 Å². The minimum absolute atomic E-state index is 0.514. The lowest BCUT2D eigenvalue weighted by Crippen LogP contribution is -1.84. The zero-order chi connectivity index (χ0) is 9.84. The molecule has 0 bridgehead atoms. The van der Waals surface area contributed by atoms with Gasteiger partial charge in [-0.2, -0.15) is 0 Å². The van der Waals surface area contributed by atoms with Gasteiger partial charge in [-0.1, -0.05) is 35.7 Å². The maximum absolute atomic E-state index is 3.70. The molecule has 0 aliphatic heterocycles. The smallest absolute Gasteiger partial charge is 0.0843 e. The molecule has 13 heavy (non-hydrogen) atoms. The Hall–Kier alpha value is 1.14. The number of thiophene rings is 1. The normalized spacial score (nSPS) is 13.2. The van der Waals surface area contributed by atoms with Crippen LogP contribution in [0.15, 0.2) is 14.3 Å². The molecule has 0 amide bonds. The van der Waals surface area contributed by atoms with Gasteiger partial charge in [-0.05, 0) is 44.3 Å². The van der Waals surface area contributed by atoms with E-state index in [1.165, 1.54) is 27.9 Å². The summed E-state index contributed by atoms with van der Waals surface area (Å²) in [6.45, 7) is 2.22. The molecule has 1 aromatic heterocycles. The molecule has 0 nitrogen and oxygen atoms in total. The Bertz CT molecular complexity index is 250. The predicted molar refractivity (Wildman–Crippen MR) is 70.9 cm³/mol. The molecule has 0 saturated heterocycles. The average molecular weight is 391 g/mol.